The maximum absolute atomic E-state index is 12.7. The zero-order valence-corrected chi connectivity index (χ0v) is 19.8. The van der Waals surface area contributed by atoms with Crippen molar-refractivity contribution in [1.29, 1.82) is 0 Å². The lowest BCUT2D eigenvalue weighted by Gasteiger charge is -2.35. The van der Waals surface area contributed by atoms with Crippen LogP contribution in [-0.4, -0.2) is 70.3 Å². The Morgan fingerprint density at radius 2 is 1.69 bits per heavy atom. The summed E-state index contributed by atoms with van der Waals surface area (Å²) in [7, 11) is 0. The first-order chi connectivity index (χ1) is 14.5. The van der Waals surface area contributed by atoms with Crippen molar-refractivity contribution in [2.45, 2.75) is 32.2 Å². The minimum absolute atomic E-state index is 0. The van der Waals surface area contributed by atoms with Gasteiger partial charge in [-0.15, -0.1) is 24.8 Å². The van der Waals surface area contributed by atoms with Crippen LogP contribution >= 0.6 is 24.8 Å². The van der Waals surface area contributed by atoms with E-state index in [1.807, 2.05) is 37.3 Å². The summed E-state index contributed by atoms with van der Waals surface area (Å²) in [5.74, 6) is 0.293. The molecule has 9 nitrogen and oxygen atoms in total. The number of hydrogen-bond acceptors (Lipinski definition) is 6. The van der Waals surface area contributed by atoms with Crippen molar-refractivity contribution in [2.24, 2.45) is 11.5 Å². The number of amides is 2. The van der Waals surface area contributed by atoms with Crippen molar-refractivity contribution in [2.75, 3.05) is 32.7 Å². The standard InChI is InChI=1S/C21H30N6O3.2ClH/c1-16-15-19(27(24-16)17-7-3-2-4-8-17)30-21(29)26-13-11-25(12-14-26)20(28)18(23)9-5-6-10-22;;/h2-4,7-8,15,18H,5-6,9-14,22-23H2,1H3;2*1H/t18-;;/m0../s1. The summed E-state index contributed by atoms with van der Waals surface area (Å²) < 4.78 is 7.22. The van der Waals surface area contributed by atoms with E-state index in [9.17, 15) is 9.59 Å². The van der Waals surface area contributed by atoms with Crippen molar-refractivity contribution in [3.8, 4) is 11.6 Å². The number of nitrogens with two attached hydrogens (primary N) is 2. The van der Waals surface area contributed by atoms with Gasteiger partial charge in [0.05, 0.1) is 17.4 Å². The van der Waals surface area contributed by atoms with Gasteiger partial charge in [0.2, 0.25) is 11.8 Å². The molecule has 1 aliphatic rings. The third-order valence-corrected chi connectivity index (χ3v) is 5.13. The first-order valence-electron chi connectivity index (χ1n) is 10.3. The lowest BCUT2D eigenvalue weighted by molar-refractivity contribution is -0.134. The molecule has 1 atom stereocenters. The maximum Gasteiger partial charge on any atom is 0.416 e. The molecule has 4 N–H and O–H groups in total. The number of carbonyl (C=O) groups is 2. The van der Waals surface area contributed by atoms with E-state index in [0.717, 1.165) is 24.2 Å². The predicted molar refractivity (Wildman–Crippen MR) is 128 cm³/mol. The summed E-state index contributed by atoms with van der Waals surface area (Å²) in [6, 6.07) is 10.7. The van der Waals surface area contributed by atoms with E-state index in [4.69, 9.17) is 16.2 Å². The molecule has 11 heteroatoms. The Labute approximate surface area is 200 Å². The topological polar surface area (TPSA) is 120 Å². The van der Waals surface area contributed by atoms with Gasteiger partial charge in [-0.05, 0) is 38.4 Å². The minimum atomic E-state index is -0.516. The number of unbranched alkanes of at least 4 members (excludes halogenated alkanes) is 1. The summed E-state index contributed by atoms with van der Waals surface area (Å²) >= 11 is 0. The van der Waals surface area contributed by atoms with Crippen molar-refractivity contribution >= 4 is 36.8 Å². The van der Waals surface area contributed by atoms with Crippen LogP contribution in [0.4, 0.5) is 4.79 Å². The van der Waals surface area contributed by atoms with Crippen molar-refractivity contribution in [1.82, 2.24) is 19.6 Å². The molecule has 0 bridgehead atoms. The van der Waals surface area contributed by atoms with E-state index in [1.54, 1.807) is 20.5 Å². The molecular formula is C21H32Cl2N6O3. The molecule has 2 heterocycles. The number of para-hydroxylation sites is 1. The number of aryl methyl sites for hydroxylation is 1. The molecule has 0 spiro atoms. The van der Waals surface area contributed by atoms with E-state index >= 15 is 0 Å². The number of ether oxygens (including phenoxy) is 1. The molecule has 1 aliphatic heterocycles. The lowest BCUT2D eigenvalue weighted by atomic mass is 10.1. The van der Waals surface area contributed by atoms with Crippen LogP contribution in [-0.2, 0) is 4.79 Å². The Hall–Kier alpha value is -2.33. The van der Waals surface area contributed by atoms with Gasteiger partial charge in [0.25, 0.3) is 0 Å². The summed E-state index contributed by atoms with van der Waals surface area (Å²) in [5.41, 5.74) is 13.1. The predicted octanol–water partition coefficient (Wildman–Crippen LogP) is 2.12. The normalized spacial score (nSPS) is 14.2. The molecule has 2 amide bonds. The van der Waals surface area contributed by atoms with E-state index in [0.29, 0.717) is 45.0 Å². The van der Waals surface area contributed by atoms with Gasteiger partial charge in [0, 0.05) is 32.2 Å². The first kappa shape index (κ1) is 27.7. The van der Waals surface area contributed by atoms with Gasteiger partial charge >= 0.3 is 6.09 Å². The summed E-state index contributed by atoms with van der Waals surface area (Å²) in [6.45, 7) is 4.13. The van der Waals surface area contributed by atoms with Gasteiger partial charge in [-0.25, -0.2) is 9.48 Å². The zero-order valence-electron chi connectivity index (χ0n) is 18.2. The Balaban J connectivity index is 0.00000256. The molecule has 0 aliphatic carbocycles. The molecule has 1 saturated heterocycles. The number of rotatable bonds is 7. The molecule has 32 heavy (non-hydrogen) atoms. The minimum Gasteiger partial charge on any atom is -0.391 e. The molecule has 0 radical (unpaired) electrons. The van der Waals surface area contributed by atoms with Gasteiger partial charge in [0.1, 0.15) is 0 Å². The van der Waals surface area contributed by atoms with E-state index in [2.05, 4.69) is 5.10 Å². The second-order valence-electron chi connectivity index (χ2n) is 7.44. The average Bonchev–Trinajstić information content (AvgIpc) is 3.14. The molecule has 2 aromatic rings. The fourth-order valence-electron chi connectivity index (χ4n) is 3.43. The Morgan fingerprint density at radius 1 is 1.06 bits per heavy atom. The zero-order chi connectivity index (χ0) is 21.5. The average molecular weight is 487 g/mol. The van der Waals surface area contributed by atoms with Crippen LogP contribution in [0.15, 0.2) is 36.4 Å². The summed E-state index contributed by atoms with van der Waals surface area (Å²) in [4.78, 5) is 28.5. The fourth-order valence-corrected chi connectivity index (χ4v) is 3.43. The Bertz CT molecular complexity index is 856. The monoisotopic (exact) mass is 486 g/mol. The van der Waals surface area contributed by atoms with Crippen LogP contribution in [0.5, 0.6) is 5.88 Å². The highest BCUT2D eigenvalue weighted by Crippen LogP contribution is 2.20. The fraction of sp³-hybridized carbons (Fsp3) is 0.476. The van der Waals surface area contributed by atoms with Crippen LogP contribution in [0, 0.1) is 6.92 Å². The quantitative estimate of drug-likeness (QED) is 0.578. The van der Waals surface area contributed by atoms with E-state index in [1.165, 1.54) is 0 Å². The smallest absolute Gasteiger partial charge is 0.391 e. The number of benzene rings is 1. The van der Waals surface area contributed by atoms with Gasteiger partial charge in [-0.2, -0.15) is 5.10 Å². The molecule has 178 valence electrons. The van der Waals surface area contributed by atoms with Crippen LogP contribution in [0.25, 0.3) is 5.69 Å². The molecule has 1 fully saturated rings. The molecule has 0 unspecified atom stereocenters. The second-order valence-corrected chi connectivity index (χ2v) is 7.44. The van der Waals surface area contributed by atoms with Crippen LogP contribution in [0.1, 0.15) is 25.0 Å². The third-order valence-electron chi connectivity index (χ3n) is 5.13. The van der Waals surface area contributed by atoms with Gasteiger partial charge in [-0.3, -0.25) is 4.79 Å². The molecule has 1 aromatic carbocycles. The SMILES string of the molecule is Cc1cc(OC(=O)N2CCN(C(=O)[C@@H](N)CCCCN)CC2)n(-c2ccccc2)n1.Cl.Cl. The molecule has 3 rings (SSSR count). The van der Waals surface area contributed by atoms with Crippen LogP contribution in [0.3, 0.4) is 0 Å². The van der Waals surface area contributed by atoms with Crippen LogP contribution < -0.4 is 16.2 Å². The van der Waals surface area contributed by atoms with Crippen molar-refractivity contribution < 1.29 is 14.3 Å². The summed E-state index contributed by atoms with van der Waals surface area (Å²) in [6.07, 6.45) is 1.87. The highest BCUT2D eigenvalue weighted by atomic mass is 35.5. The number of hydrogen-bond donors (Lipinski definition) is 2. The Morgan fingerprint density at radius 3 is 2.31 bits per heavy atom. The second kappa shape index (κ2) is 13.3. The van der Waals surface area contributed by atoms with Crippen molar-refractivity contribution in [3.63, 3.8) is 0 Å². The maximum atomic E-state index is 12.7. The molecule has 1 aromatic heterocycles. The number of carbonyl (C=O) groups excluding carboxylic acids is 2. The van der Waals surface area contributed by atoms with Crippen LogP contribution in [0.2, 0.25) is 0 Å². The van der Waals surface area contributed by atoms with E-state index in [-0.39, 0.29) is 30.7 Å². The van der Waals surface area contributed by atoms with E-state index < -0.39 is 12.1 Å². The highest BCUT2D eigenvalue weighted by Gasteiger charge is 2.28. The molecule has 0 saturated carbocycles. The Kier molecular flexibility index (Phi) is 11.5. The lowest BCUT2D eigenvalue weighted by Crippen LogP contribution is -2.54. The first-order valence-corrected chi connectivity index (χ1v) is 10.3. The number of aromatic nitrogens is 2. The van der Waals surface area contributed by atoms with Crippen molar-refractivity contribution in [3.05, 3.63) is 42.1 Å². The molecular weight excluding hydrogens is 455 g/mol. The van der Waals surface area contributed by atoms with Gasteiger partial charge < -0.3 is 26.0 Å². The number of halogens is 2. The summed E-state index contributed by atoms with van der Waals surface area (Å²) in [5, 5.41) is 4.41. The third kappa shape index (κ3) is 7.09. The van der Waals surface area contributed by atoms with Gasteiger partial charge in [-0.1, -0.05) is 24.6 Å². The number of piperazine rings is 1. The largest absolute Gasteiger partial charge is 0.416 e. The highest BCUT2D eigenvalue weighted by molar-refractivity contribution is 5.85. The number of nitrogens with zero attached hydrogens (tertiary/aromatic N) is 4. The van der Waals surface area contributed by atoms with Gasteiger partial charge in [0.15, 0.2) is 0 Å².